The second-order valence-corrected chi connectivity index (χ2v) is 8.70. The number of carbonyl (C=O) groups excluding carboxylic acids is 1. The third-order valence-corrected chi connectivity index (χ3v) is 5.19. The van der Waals surface area contributed by atoms with Gasteiger partial charge in [0.05, 0.1) is 5.56 Å². The summed E-state index contributed by atoms with van der Waals surface area (Å²) in [6.07, 6.45) is 0.473. The van der Waals surface area contributed by atoms with Gasteiger partial charge in [-0.25, -0.2) is 9.59 Å². The molecule has 0 spiro atoms. The maximum absolute atomic E-state index is 12.6. The van der Waals surface area contributed by atoms with E-state index in [1.165, 1.54) is 5.56 Å². The highest BCUT2D eigenvalue weighted by Gasteiger charge is 2.32. The van der Waals surface area contributed by atoms with Crippen LogP contribution in [0.3, 0.4) is 0 Å². The van der Waals surface area contributed by atoms with Crippen LogP contribution in [-0.2, 0) is 17.7 Å². The lowest BCUT2D eigenvalue weighted by Crippen LogP contribution is -2.55. The number of nitrogens with zero attached hydrogens (tertiary/aromatic N) is 2. The van der Waals surface area contributed by atoms with Gasteiger partial charge in [-0.05, 0) is 44.4 Å². The van der Waals surface area contributed by atoms with E-state index in [0.29, 0.717) is 31.7 Å². The topological polar surface area (TPSA) is 70.1 Å². The first-order valence-corrected chi connectivity index (χ1v) is 10.3. The predicted octanol–water partition coefficient (Wildman–Crippen LogP) is 4.05. The lowest BCUT2D eigenvalue weighted by atomic mass is 10.00. The van der Waals surface area contributed by atoms with E-state index >= 15 is 0 Å². The maximum atomic E-state index is 12.6. The number of carbonyl (C=O) groups is 2. The van der Waals surface area contributed by atoms with E-state index in [9.17, 15) is 14.7 Å². The highest BCUT2D eigenvalue weighted by molar-refractivity contribution is 5.89. The number of carboxylic acids is 1. The molecular weight excluding hydrogens is 380 g/mol. The molecule has 1 aliphatic rings. The molecular formula is C24H30N2O4. The maximum Gasteiger partial charge on any atom is 0.410 e. The lowest BCUT2D eigenvalue weighted by Gasteiger charge is -2.42. The molecule has 0 unspecified atom stereocenters. The Hall–Kier alpha value is -2.86. The van der Waals surface area contributed by atoms with Gasteiger partial charge in [0.25, 0.3) is 0 Å². The van der Waals surface area contributed by atoms with Crippen molar-refractivity contribution in [2.24, 2.45) is 0 Å². The molecule has 30 heavy (non-hydrogen) atoms. The monoisotopic (exact) mass is 410 g/mol. The minimum atomic E-state index is -0.919. The summed E-state index contributed by atoms with van der Waals surface area (Å²) in [6.45, 7) is 7.88. The number of carboxylic acid groups (broad SMARTS) is 1. The fourth-order valence-corrected chi connectivity index (χ4v) is 3.76. The average Bonchev–Trinajstić information content (AvgIpc) is 2.69. The van der Waals surface area contributed by atoms with Crippen LogP contribution in [0.1, 0.15) is 42.3 Å². The molecule has 0 aromatic heterocycles. The molecule has 1 aliphatic heterocycles. The number of benzene rings is 2. The molecule has 1 saturated heterocycles. The van der Waals surface area contributed by atoms with Gasteiger partial charge in [0.2, 0.25) is 0 Å². The van der Waals surface area contributed by atoms with E-state index < -0.39 is 11.6 Å². The van der Waals surface area contributed by atoms with Gasteiger partial charge in [0, 0.05) is 32.2 Å². The Balaban J connectivity index is 1.80. The first-order valence-electron chi connectivity index (χ1n) is 10.3. The van der Waals surface area contributed by atoms with Crippen molar-refractivity contribution in [1.82, 2.24) is 9.80 Å². The highest BCUT2D eigenvalue weighted by atomic mass is 16.6. The van der Waals surface area contributed by atoms with Gasteiger partial charge in [-0.15, -0.1) is 0 Å². The minimum Gasteiger partial charge on any atom is -0.478 e. The smallest absolute Gasteiger partial charge is 0.410 e. The third kappa shape index (κ3) is 5.83. The lowest BCUT2D eigenvalue weighted by molar-refractivity contribution is 0.00239. The van der Waals surface area contributed by atoms with E-state index in [2.05, 4.69) is 17.0 Å². The number of ether oxygens (including phenoxy) is 1. The van der Waals surface area contributed by atoms with Crippen LogP contribution in [0.5, 0.6) is 0 Å². The number of aromatic carboxylic acids is 1. The standard InChI is InChI=1S/C24H30N2O4/c1-24(2,3)30-23(29)26-14-13-25(16-19-11-7-8-12-21(19)22(27)28)20(17-26)15-18-9-5-4-6-10-18/h4-12,20H,13-17H2,1-3H3,(H,27,28)/t20-/m1/s1. The van der Waals surface area contributed by atoms with Crippen molar-refractivity contribution >= 4 is 12.1 Å². The molecule has 1 heterocycles. The molecule has 1 fully saturated rings. The third-order valence-electron chi connectivity index (χ3n) is 5.19. The Morgan fingerprint density at radius 2 is 1.70 bits per heavy atom. The summed E-state index contributed by atoms with van der Waals surface area (Å²) < 4.78 is 5.57. The normalized spacial score (nSPS) is 17.6. The molecule has 2 aromatic carbocycles. The van der Waals surface area contributed by atoms with Crippen LogP contribution in [-0.4, -0.2) is 58.2 Å². The van der Waals surface area contributed by atoms with Crippen LogP contribution in [0.4, 0.5) is 4.79 Å². The van der Waals surface area contributed by atoms with Gasteiger partial charge in [-0.3, -0.25) is 4.90 Å². The van der Waals surface area contributed by atoms with Crippen molar-refractivity contribution in [3.05, 3.63) is 71.3 Å². The molecule has 0 saturated carbocycles. The first kappa shape index (κ1) is 21.8. The van der Waals surface area contributed by atoms with Crippen molar-refractivity contribution < 1.29 is 19.4 Å². The second-order valence-electron chi connectivity index (χ2n) is 8.70. The summed E-state index contributed by atoms with van der Waals surface area (Å²) in [5.74, 6) is -0.919. The summed E-state index contributed by atoms with van der Waals surface area (Å²) in [7, 11) is 0. The van der Waals surface area contributed by atoms with Crippen LogP contribution in [0.15, 0.2) is 54.6 Å². The van der Waals surface area contributed by atoms with E-state index in [-0.39, 0.29) is 12.1 Å². The Kier molecular flexibility index (Phi) is 6.77. The quantitative estimate of drug-likeness (QED) is 0.805. The second kappa shape index (κ2) is 9.30. The van der Waals surface area contributed by atoms with Crippen LogP contribution in [0.25, 0.3) is 0 Å². The van der Waals surface area contributed by atoms with E-state index in [1.807, 2.05) is 51.1 Å². The van der Waals surface area contributed by atoms with Crippen molar-refractivity contribution in [3.63, 3.8) is 0 Å². The molecule has 0 aliphatic carbocycles. The molecule has 6 nitrogen and oxygen atoms in total. The minimum absolute atomic E-state index is 0.0653. The van der Waals surface area contributed by atoms with Gasteiger partial charge in [-0.2, -0.15) is 0 Å². The number of hydrogen-bond donors (Lipinski definition) is 1. The largest absolute Gasteiger partial charge is 0.478 e. The average molecular weight is 411 g/mol. The zero-order valence-corrected chi connectivity index (χ0v) is 17.9. The molecule has 0 bridgehead atoms. The Bertz CT molecular complexity index is 876. The molecule has 160 valence electrons. The molecule has 3 rings (SSSR count). The summed E-state index contributed by atoms with van der Waals surface area (Å²) in [6, 6.07) is 17.3. The van der Waals surface area contributed by atoms with E-state index in [4.69, 9.17) is 4.74 Å². The van der Waals surface area contributed by atoms with Gasteiger partial charge >= 0.3 is 12.1 Å². The highest BCUT2D eigenvalue weighted by Crippen LogP contribution is 2.21. The van der Waals surface area contributed by atoms with E-state index in [1.54, 1.807) is 17.0 Å². The van der Waals surface area contributed by atoms with Gasteiger partial charge < -0.3 is 14.7 Å². The Labute approximate surface area is 178 Å². The number of piperazine rings is 1. The molecule has 1 atom stereocenters. The molecule has 6 heteroatoms. The van der Waals surface area contributed by atoms with Gasteiger partial charge in [-0.1, -0.05) is 48.5 Å². The van der Waals surface area contributed by atoms with Gasteiger partial charge in [0.1, 0.15) is 5.60 Å². The van der Waals surface area contributed by atoms with Crippen LogP contribution >= 0.6 is 0 Å². The SMILES string of the molecule is CC(C)(C)OC(=O)N1CCN(Cc2ccccc2C(=O)O)[C@H](Cc2ccccc2)C1. The number of rotatable bonds is 5. The fraction of sp³-hybridized carbons (Fsp3) is 0.417. The summed E-state index contributed by atoms with van der Waals surface area (Å²) in [4.78, 5) is 28.3. The summed E-state index contributed by atoms with van der Waals surface area (Å²) >= 11 is 0. The molecule has 0 radical (unpaired) electrons. The zero-order chi connectivity index (χ0) is 21.7. The number of amides is 1. The fourth-order valence-electron chi connectivity index (χ4n) is 3.76. The van der Waals surface area contributed by atoms with Crippen LogP contribution in [0, 0.1) is 0 Å². The Morgan fingerprint density at radius 3 is 2.37 bits per heavy atom. The van der Waals surface area contributed by atoms with Crippen molar-refractivity contribution in [2.45, 2.75) is 45.4 Å². The molecule has 2 aromatic rings. The molecule has 1 amide bonds. The van der Waals surface area contributed by atoms with E-state index in [0.717, 1.165) is 12.0 Å². The molecule has 1 N–H and O–H groups in total. The summed E-state index contributed by atoms with van der Waals surface area (Å²) in [5, 5.41) is 9.53. The number of hydrogen-bond acceptors (Lipinski definition) is 4. The van der Waals surface area contributed by atoms with Crippen LogP contribution in [0.2, 0.25) is 0 Å². The van der Waals surface area contributed by atoms with Crippen molar-refractivity contribution in [2.75, 3.05) is 19.6 Å². The first-order chi connectivity index (χ1) is 14.2. The predicted molar refractivity (Wildman–Crippen MR) is 116 cm³/mol. The van der Waals surface area contributed by atoms with Crippen molar-refractivity contribution in [3.8, 4) is 0 Å². The summed E-state index contributed by atoms with van der Waals surface area (Å²) in [5.41, 5.74) is 1.76. The van der Waals surface area contributed by atoms with Crippen molar-refractivity contribution in [1.29, 1.82) is 0 Å². The Morgan fingerprint density at radius 1 is 1.03 bits per heavy atom. The zero-order valence-electron chi connectivity index (χ0n) is 17.9. The van der Waals surface area contributed by atoms with Crippen LogP contribution < -0.4 is 0 Å². The van der Waals surface area contributed by atoms with Gasteiger partial charge in [0.15, 0.2) is 0 Å².